The molecule has 2 aromatic rings. The third-order valence-electron chi connectivity index (χ3n) is 4.88. The van der Waals surface area contributed by atoms with Gasteiger partial charge in [0.2, 0.25) is 5.91 Å². The minimum absolute atomic E-state index is 0.0881. The van der Waals surface area contributed by atoms with E-state index in [4.69, 9.17) is 0 Å². The lowest BCUT2D eigenvalue weighted by molar-refractivity contribution is -0.121. The van der Waals surface area contributed by atoms with Crippen LogP contribution in [0.3, 0.4) is 0 Å². The number of carbonyl (C=O) groups excluding carboxylic acids is 2. The predicted octanol–water partition coefficient (Wildman–Crippen LogP) is 4.02. The molecule has 1 fully saturated rings. The van der Waals surface area contributed by atoms with Crippen molar-refractivity contribution >= 4 is 17.5 Å². The van der Waals surface area contributed by atoms with Gasteiger partial charge in [0, 0.05) is 24.3 Å². The van der Waals surface area contributed by atoms with Gasteiger partial charge in [-0.2, -0.15) is 0 Å². The van der Waals surface area contributed by atoms with Crippen LogP contribution >= 0.6 is 0 Å². The number of anilines is 1. The Bertz CT molecular complexity index is 837. The Hall–Kier alpha value is -2.76. The smallest absolute Gasteiger partial charge is 0.253 e. The first-order valence-corrected chi connectivity index (χ1v) is 9.12. The van der Waals surface area contributed by atoms with Gasteiger partial charge < -0.3 is 10.2 Å². The monoisotopic (exact) mass is 372 g/mol. The SMILES string of the molecule is CCc1ccc(NC(=O)C2CCCN(C(=O)c3ccc(F)c(F)c3)C2)cc1. The van der Waals surface area contributed by atoms with E-state index in [9.17, 15) is 18.4 Å². The number of rotatable bonds is 4. The maximum atomic E-state index is 13.4. The molecule has 0 aliphatic carbocycles. The molecular formula is C21H22F2N2O2. The van der Waals surface area contributed by atoms with Gasteiger partial charge in [-0.25, -0.2) is 8.78 Å². The summed E-state index contributed by atoms with van der Waals surface area (Å²) in [6, 6.07) is 10.8. The van der Waals surface area contributed by atoms with Crippen LogP contribution in [-0.2, 0) is 11.2 Å². The summed E-state index contributed by atoms with van der Waals surface area (Å²) in [5, 5.41) is 2.89. The second kappa shape index (κ2) is 8.29. The summed E-state index contributed by atoms with van der Waals surface area (Å²) in [6.45, 7) is 2.82. The van der Waals surface area contributed by atoms with E-state index < -0.39 is 17.5 Å². The Labute approximate surface area is 157 Å². The summed E-state index contributed by atoms with van der Waals surface area (Å²) in [5.74, 6) is -2.90. The molecule has 6 heteroatoms. The van der Waals surface area contributed by atoms with E-state index in [2.05, 4.69) is 12.2 Å². The minimum Gasteiger partial charge on any atom is -0.338 e. The predicted molar refractivity (Wildman–Crippen MR) is 99.4 cm³/mol. The van der Waals surface area contributed by atoms with E-state index in [1.807, 2.05) is 24.3 Å². The summed E-state index contributed by atoms with van der Waals surface area (Å²) in [6.07, 6.45) is 2.29. The molecule has 1 aliphatic rings. The van der Waals surface area contributed by atoms with Crippen LogP contribution in [-0.4, -0.2) is 29.8 Å². The Morgan fingerprint density at radius 3 is 2.52 bits per heavy atom. The number of halogens is 2. The molecular weight excluding hydrogens is 350 g/mol. The van der Waals surface area contributed by atoms with Gasteiger partial charge in [-0.15, -0.1) is 0 Å². The molecule has 0 bridgehead atoms. The van der Waals surface area contributed by atoms with Crippen LogP contribution in [0, 0.1) is 17.6 Å². The topological polar surface area (TPSA) is 49.4 Å². The van der Waals surface area contributed by atoms with Gasteiger partial charge in [0.05, 0.1) is 5.92 Å². The van der Waals surface area contributed by atoms with Crippen molar-refractivity contribution in [3.05, 3.63) is 65.2 Å². The van der Waals surface area contributed by atoms with E-state index in [0.717, 1.165) is 24.2 Å². The van der Waals surface area contributed by atoms with E-state index in [-0.39, 0.29) is 23.9 Å². The fourth-order valence-electron chi connectivity index (χ4n) is 3.26. The zero-order valence-electron chi connectivity index (χ0n) is 15.2. The zero-order chi connectivity index (χ0) is 19.4. The van der Waals surface area contributed by atoms with Crippen LogP contribution in [0.25, 0.3) is 0 Å². The quantitative estimate of drug-likeness (QED) is 0.881. The number of hydrogen-bond donors (Lipinski definition) is 1. The maximum absolute atomic E-state index is 13.4. The average Bonchev–Trinajstić information content (AvgIpc) is 2.70. The van der Waals surface area contributed by atoms with Crippen molar-refractivity contribution in [3.8, 4) is 0 Å². The lowest BCUT2D eigenvalue weighted by atomic mass is 9.96. The summed E-state index contributed by atoms with van der Waals surface area (Å²) in [7, 11) is 0. The molecule has 27 heavy (non-hydrogen) atoms. The molecule has 0 spiro atoms. The molecule has 0 aromatic heterocycles. The average molecular weight is 372 g/mol. The van der Waals surface area contributed by atoms with Crippen LogP contribution in [0.1, 0.15) is 35.7 Å². The van der Waals surface area contributed by atoms with E-state index >= 15 is 0 Å². The first-order valence-electron chi connectivity index (χ1n) is 9.12. The van der Waals surface area contributed by atoms with E-state index in [1.54, 1.807) is 0 Å². The number of amides is 2. The summed E-state index contributed by atoms with van der Waals surface area (Å²) < 4.78 is 26.5. The fraction of sp³-hybridized carbons (Fsp3) is 0.333. The number of aryl methyl sites for hydroxylation is 1. The highest BCUT2D eigenvalue weighted by Gasteiger charge is 2.29. The highest BCUT2D eigenvalue weighted by Crippen LogP contribution is 2.21. The first kappa shape index (κ1) is 19.0. The number of likely N-dealkylation sites (tertiary alicyclic amines) is 1. The van der Waals surface area contributed by atoms with Crippen molar-refractivity contribution in [2.75, 3.05) is 18.4 Å². The Balaban J connectivity index is 1.64. The maximum Gasteiger partial charge on any atom is 0.253 e. The second-order valence-corrected chi connectivity index (χ2v) is 6.76. The Kier molecular flexibility index (Phi) is 5.84. The summed E-state index contributed by atoms with van der Waals surface area (Å²) in [4.78, 5) is 26.7. The largest absolute Gasteiger partial charge is 0.338 e. The van der Waals surface area contributed by atoms with E-state index in [1.165, 1.54) is 16.5 Å². The normalized spacial score (nSPS) is 16.9. The van der Waals surface area contributed by atoms with Gasteiger partial charge in [0.15, 0.2) is 11.6 Å². The minimum atomic E-state index is -1.05. The second-order valence-electron chi connectivity index (χ2n) is 6.76. The van der Waals surface area contributed by atoms with Crippen LogP contribution in [0.2, 0.25) is 0 Å². The molecule has 1 atom stereocenters. The molecule has 0 radical (unpaired) electrons. The van der Waals surface area contributed by atoms with Gasteiger partial charge in [0.25, 0.3) is 5.91 Å². The fourth-order valence-corrected chi connectivity index (χ4v) is 3.26. The number of hydrogen-bond acceptors (Lipinski definition) is 2. The lowest BCUT2D eigenvalue weighted by Gasteiger charge is -2.32. The lowest BCUT2D eigenvalue weighted by Crippen LogP contribution is -2.43. The van der Waals surface area contributed by atoms with Crippen molar-refractivity contribution in [2.45, 2.75) is 26.2 Å². The molecule has 1 N–H and O–H groups in total. The van der Waals surface area contributed by atoms with Crippen LogP contribution < -0.4 is 5.32 Å². The molecule has 2 aromatic carbocycles. The molecule has 1 unspecified atom stereocenters. The number of benzene rings is 2. The summed E-state index contributed by atoms with van der Waals surface area (Å²) >= 11 is 0. The molecule has 142 valence electrons. The van der Waals surface area contributed by atoms with Crippen LogP contribution in [0.4, 0.5) is 14.5 Å². The van der Waals surface area contributed by atoms with Gasteiger partial charge in [-0.3, -0.25) is 9.59 Å². The van der Waals surface area contributed by atoms with E-state index in [0.29, 0.717) is 19.4 Å². The van der Waals surface area contributed by atoms with Gasteiger partial charge in [-0.1, -0.05) is 19.1 Å². The number of piperidine rings is 1. The highest BCUT2D eigenvalue weighted by molar-refractivity contribution is 5.96. The highest BCUT2D eigenvalue weighted by atomic mass is 19.2. The standard InChI is InChI=1S/C21H22F2N2O2/c1-2-14-5-8-17(9-6-14)24-20(26)16-4-3-11-25(13-16)21(27)15-7-10-18(22)19(23)12-15/h5-10,12,16H,2-4,11,13H2,1H3,(H,24,26). The van der Waals surface area contributed by atoms with Crippen molar-refractivity contribution in [3.63, 3.8) is 0 Å². The molecule has 1 aliphatic heterocycles. The number of nitrogens with zero attached hydrogens (tertiary/aromatic N) is 1. The molecule has 3 rings (SSSR count). The first-order chi connectivity index (χ1) is 13.0. The Morgan fingerprint density at radius 1 is 1.11 bits per heavy atom. The van der Waals surface area contributed by atoms with Gasteiger partial charge in [-0.05, 0) is 55.2 Å². The molecule has 1 heterocycles. The van der Waals surface area contributed by atoms with Crippen molar-refractivity contribution in [1.29, 1.82) is 0 Å². The third kappa shape index (κ3) is 4.51. The Morgan fingerprint density at radius 2 is 1.85 bits per heavy atom. The zero-order valence-corrected chi connectivity index (χ0v) is 15.2. The number of nitrogens with one attached hydrogen (secondary N) is 1. The van der Waals surface area contributed by atoms with Crippen LogP contribution in [0.5, 0.6) is 0 Å². The number of carbonyl (C=O) groups is 2. The molecule has 0 saturated carbocycles. The molecule has 4 nitrogen and oxygen atoms in total. The molecule has 1 saturated heterocycles. The van der Waals surface area contributed by atoms with Crippen LogP contribution in [0.15, 0.2) is 42.5 Å². The summed E-state index contributed by atoms with van der Waals surface area (Å²) in [5.41, 5.74) is 2.00. The van der Waals surface area contributed by atoms with Crippen molar-refractivity contribution in [2.24, 2.45) is 5.92 Å². The third-order valence-corrected chi connectivity index (χ3v) is 4.88. The van der Waals surface area contributed by atoms with Crippen molar-refractivity contribution in [1.82, 2.24) is 4.90 Å². The van der Waals surface area contributed by atoms with Crippen molar-refractivity contribution < 1.29 is 18.4 Å². The molecule has 2 amide bonds. The van der Waals surface area contributed by atoms with Gasteiger partial charge in [0.1, 0.15) is 0 Å². The van der Waals surface area contributed by atoms with Gasteiger partial charge >= 0.3 is 0 Å².